The number of amides is 1. The van der Waals surface area contributed by atoms with Crippen molar-refractivity contribution in [3.8, 4) is 0 Å². The standard InChI is InChI=1S/C14H24N2O2/c1-5-7-15-9-11-6-8-16(12(11)10-15)13(17)18-14(2,3)4/h5,11-12H,1,6-10H2,2-4H3/t11-,12+/m0/s1. The van der Waals surface area contributed by atoms with Crippen LogP contribution in [0.15, 0.2) is 12.7 Å². The van der Waals surface area contributed by atoms with E-state index in [0.29, 0.717) is 12.0 Å². The highest BCUT2D eigenvalue weighted by atomic mass is 16.6. The Labute approximate surface area is 110 Å². The number of rotatable bonds is 2. The maximum atomic E-state index is 12.1. The van der Waals surface area contributed by atoms with Gasteiger partial charge in [-0.05, 0) is 33.1 Å². The molecule has 0 saturated carbocycles. The highest BCUT2D eigenvalue weighted by Crippen LogP contribution is 2.32. The third-order valence-electron chi connectivity index (χ3n) is 3.64. The molecule has 0 radical (unpaired) electrons. The van der Waals surface area contributed by atoms with Gasteiger partial charge in [0.1, 0.15) is 5.60 Å². The molecule has 0 aromatic heterocycles. The van der Waals surface area contributed by atoms with E-state index in [9.17, 15) is 4.79 Å². The van der Waals surface area contributed by atoms with E-state index in [1.165, 1.54) is 0 Å². The maximum Gasteiger partial charge on any atom is 0.410 e. The molecule has 0 bridgehead atoms. The first-order chi connectivity index (χ1) is 8.40. The molecule has 102 valence electrons. The zero-order valence-electron chi connectivity index (χ0n) is 11.7. The second-order valence-corrected chi connectivity index (χ2v) is 6.30. The van der Waals surface area contributed by atoms with Crippen LogP contribution in [0.25, 0.3) is 0 Å². The van der Waals surface area contributed by atoms with Crippen molar-refractivity contribution in [2.45, 2.75) is 38.8 Å². The van der Waals surface area contributed by atoms with E-state index in [0.717, 1.165) is 32.6 Å². The molecule has 18 heavy (non-hydrogen) atoms. The number of hydrogen-bond acceptors (Lipinski definition) is 3. The lowest BCUT2D eigenvalue weighted by Gasteiger charge is -2.28. The van der Waals surface area contributed by atoms with E-state index >= 15 is 0 Å². The van der Waals surface area contributed by atoms with Crippen LogP contribution in [0.5, 0.6) is 0 Å². The molecule has 0 aromatic rings. The van der Waals surface area contributed by atoms with Crippen molar-refractivity contribution in [1.82, 2.24) is 9.80 Å². The van der Waals surface area contributed by atoms with E-state index in [4.69, 9.17) is 4.74 Å². The quantitative estimate of drug-likeness (QED) is 0.706. The van der Waals surface area contributed by atoms with Crippen LogP contribution in [0.3, 0.4) is 0 Å². The summed E-state index contributed by atoms with van der Waals surface area (Å²) in [5, 5.41) is 0. The second-order valence-electron chi connectivity index (χ2n) is 6.30. The molecule has 0 spiro atoms. The zero-order valence-corrected chi connectivity index (χ0v) is 11.7. The summed E-state index contributed by atoms with van der Waals surface area (Å²) in [6.07, 6.45) is 2.87. The van der Waals surface area contributed by atoms with Gasteiger partial charge < -0.3 is 9.64 Å². The predicted molar refractivity (Wildman–Crippen MR) is 71.5 cm³/mol. The molecule has 0 aromatic carbocycles. The summed E-state index contributed by atoms with van der Waals surface area (Å²) in [6.45, 7) is 13.3. The lowest BCUT2D eigenvalue weighted by Crippen LogP contribution is -2.42. The SMILES string of the molecule is C=CCN1C[C@@H]2CCN(C(=O)OC(C)(C)C)[C@@H]2C1. The van der Waals surface area contributed by atoms with Gasteiger partial charge in [0.2, 0.25) is 0 Å². The Morgan fingerprint density at radius 2 is 2.17 bits per heavy atom. The highest BCUT2D eigenvalue weighted by molar-refractivity contribution is 5.69. The van der Waals surface area contributed by atoms with Crippen molar-refractivity contribution < 1.29 is 9.53 Å². The van der Waals surface area contributed by atoms with Crippen LogP contribution < -0.4 is 0 Å². The molecule has 1 amide bonds. The van der Waals surface area contributed by atoms with Crippen molar-refractivity contribution in [2.75, 3.05) is 26.2 Å². The predicted octanol–water partition coefficient (Wildman–Crippen LogP) is 2.11. The Morgan fingerprint density at radius 1 is 1.44 bits per heavy atom. The minimum Gasteiger partial charge on any atom is -0.444 e. The lowest BCUT2D eigenvalue weighted by molar-refractivity contribution is 0.0219. The summed E-state index contributed by atoms with van der Waals surface area (Å²) in [6, 6.07) is 0.333. The number of carbonyl (C=O) groups is 1. The minimum absolute atomic E-state index is 0.157. The molecule has 2 rings (SSSR count). The Bertz CT molecular complexity index is 335. The Hall–Kier alpha value is -1.03. The fourth-order valence-electron chi connectivity index (χ4n) is 2.93. The molecular weight excluding hydrogens is 228 g/mol. The van der Waals surface area contributed by atoms with Crippen molar-refractivity contribution in [3.63, 3.8) is 0 Å². The lowest BCUT2D eigenvalue weighted by atomic mass is 10.1. The van der Waals surface area contributed by atoms with E-state index in [-0.39, 0.29) is 6.09 Å². The van der Waals surface area contributed by atoms with Crippen molar-refractivity contribution >= 4 is 6.09 Å². The summed E-state index contributed by atoms with van der Waals surface area (Å²) in [5.74, 6) is 0.609. The number of likely N-dealkylation sites (tertiary alicyclic amines) is 2. The molecule has 4 heteroatoms. The third-order valence-corrected chi connectivity index (χ3v) is 3.64. The molecular formula is C14H24N2O2. The third kappa shape index (κ3) is 2.86. The van der Waals surface area contributed by atoms with Gasteiger partial charge in [-0.15, -0.1) is 6.58 Å². The van der Waals surface area contributed by atoms with E-state index in [1.54, 1.807) is 0 Å². The Kier molecular flexibility index (Phi) is 3.66. The molecule has 2 fully saturated rings. The molecule has 2 atom stereocenters. The Morgan fingerprint density at radius 3 is 2.78 bits per heavy atom. The van der Waals surface area contributed by atoms with Crippen LogP contribution in [0.2, 0.25) is 0 Å². The number of nitrogens with zero attached hydrogens (tertiary/aromatic N) is 2. The molecule has 2 saturated heterocycles. The van der Waals surface area contributed by atoms with Gasteiger partial charge in [-0.1, -0.05) is 6.08 Å². The molecule has 0 unspecified atom stereocenters. The van der Waals surface area contributed by atoms with Gasteiger partial charge in [0.25, 0.3) is 0 Å². The fourth-order valence-corrected chi connectivity index (χ4v) is 2.93. The van der Waals surface area contributed by atoms with Crippen LogP contribution in [0, 0.1) is 5.92 Å². The number of hydrogen-bond donors (Lipinski definition) is 0. The number of ether oxygens (including phenoxy) is 1. The summed E-state index contributed by atoms with van der Waals surface area (Å²) in [5.41, 5.74) is -0.408. The highest BCUT2D eigenvalue weighted by Gasteiger charge is 2.44. The summed E-state index contributed by atoms with van der Waals surface area (Å²) >= 11 is 0. The van der Waals surface area contributed by atoms with Crippen molar-refractivity contribution in [1.29, 1.82) is 0 Å². The second kappa shape index (κ2) is 4.92. The topological polar surface area (TPSA) is 32.8 Å². The molecule has 4 nitrogen and oxygen atoms in total. The average molecular weight is 252 g/mol. The molecule has 0 N–H and O–H groups in total. The van der Waals surface area contributed by atoms with E-state index in [2.05, 4.69) is 11.5 Å². The average Bonchev–Trinajstić information content (AvgIpc) is 2.73. The van der Waals surface area contributed by atoms with Gasteiger partial charge in [0, 0.05) is 26.2 Å². The fraction of sp³-hybridized carbons (Fsp3) is 0.786. The number of fused-ring (bicyclic) bond motifs is 1. The summed E-state index contributed by atoms with van der Waals surface area (Å²) in [7, 11) is 0. The smallest absolute Gasteiger partial charge is 0.410 e. The monoisotopic (exact) mass is 252 g/mol. The van der Waals surface area contributed by atoms with Crippen LogP contribution in [-0.2, 0) is 4.74 Å². The number of carbonyl (C=O) groups excluding carboxylic acids is 1. The van der Waals surface area contributed by atoms with Gasteiger partial charge in [0.05, 0.1) is 6.04 Å². The van der Waals surface area contributed by atoms with Gasteiger partial charge in [-0.2, -0.15) is 0 Å². The summed E-state index contributed by atoms with van der Waals surface area (Å²) < 4.78 is 5.47. The van der Waals surface area contributed by atoms with Gasteiger partial charge in [-0.25, -0.2) is 4.79 Å². The first kappa shape index (κ1) is 13.4. The van der Waals surface area contributed by atoms with Crippen LogP contribution in [-0.4, -0.2) is 53.7 Å². The zero-order chi connectivity index (χ0) is 13.3. The first-order valence-electron chi connectivity index (χ1n) is 6.73. The minimum atomic E-state index is -0.408. The normalized spacial score (nSPS) is 28.3. The molecule has 0 aliphatic carbocycles. The van der Waals surface area contributed by atoms with E-state index < -0.39 is 5.60 Å². The molecule has 2 aliphatic heterocycles. The van der Waals surface area contributed by atoms with Crippen molar-refractivity contribution in [2.24, 2.45) is 5.92 Å². The van der Waals surface area contributed by atoms with Crippen LogP contribution in [0.4, 0.5) is 4.79 Å². The molecule has 2 heterocycles. The van der Waals surface area contributed by atoms with E-state index in [1.807, 2.05) is 31.7 Å². The Balaban J connectivity index is 1.95. The van der Waals surface area contributed by atoms with Gasteiger partial charge in [0.15, 0.2) is 0 Å². The largest absolute Gasteiger partial charge is 0.444 e. The maximum absolute atomic E-state index is 12.1. The summed E-state index contributed by atoms with van der Waals surface area (Å²) in [4.78, 5) is 16.4. The van der Waals surface area contributed by atoms with Gasteiger partial charge >= 0.3 is 6.09 Å². The van der Waals surface area contributed by atoms with Crippen LogP contribution in [0.1, 0.15) is 27.2 Å². The van der Waals surface area contributed by atoms with Gasteiger partial charge in [-0.3, -0.25) is 4.90 Å². The molecule has 2 aliphatic rings. The van der Waals surface area contributed by atoms with Crippen molar-refractivity contribution in [3.05, 3.63) is 12.7 Å². The van der Waals surface area contributed by atoms with Crippen LogP contribution >= 0.6 is 0 Å². The first-order valence-corrected chi connectivity index (χ1v) is 6.73.